The number of halogens is 1. The van der Waals surface area contributed by atoms with Crippen molar-refractivity contribution in [2.45, 2.75) is 52.0 Å². The Bertz CT molecular complexity index is 888. The van der Waals surface area contributed by atoms with Gasteiger partial charge < -0.3 is 4.42 Å². The van der Waals surface area contributed by atoms with Gasteiger partial charge in [-0.3, -0.25) is 14.8 Å². The largest absolute Gasteiger partial charge is 0.454 e. The van der Waals surface area contributed by atoms with E-state index in [9.17, 15) is 4.79 Å². The van der Waals surface area contributed by atoms with Gasteiger partial charge in [0.25, 0.3) is 5.91 Å². The van der Waals surface area contributed by atoms with Crippen molar-refractivity contribution in [1.82, 2.24) is 20.0 Å². The Hall–Kier alpha value is -2.00. The van der Waals surface area contributed by atoms with E-state index < -0.39 is 0 Å². The SMILES string of the molecule is CCCCC(CC)c1nnc(NC(=O)c2ccc(Cn3cc(Br)cn3)o2)s1. The first kappa shape index (κ1) is 19.8. The molecule has 0 radical (unpaired) electrons. The van der Waals surface area contributed by atoms with Crippen molar-refractivity contribution >= 4 is 38.3 Å². The molecule has 9 heteroatoms. The molecule has 3 aromatic rings. The van der Waals surface area contributed by atoms with E-state index in [1.165, 1.54) is 17.8 Å². The Kier molecular flexibility index (Phi) is 6.78. The summed E-state index contributed by atoms with van der Waals surface area (Å²) in [7, 11) is 0. The average Bonchev–Trinajstić information content (AvgIpc) is 3.38. The van der Waals surface area contributed by atoms with Gasteiger partial charge in [-0.25, -0.2) is 0 Å². The quantitative estimate of drug-likeness (QED) is 0.490. The molecule has 0 bridgehead atoms. The topological polar surface area (TPSA) is 85.8 Å². The van der Waals surface area contributed by atoms with Crippen LogP contribution in [0.25, 0.3) is 0 Å². The highest BCUT2D eigenvalue weighted by molar-refractivity contribution is 9.10. The lowest BCUT2D eigenvalue weighted by Gasteiger charge is -2.09. The molecule has 0 aliphatic rings. The highest BCUT2D eigenvalue weighted by Gasteiger charge is 2.18. The highest BCUT2D eigenvalue weighted by Crippen LogP contribution is 2.30. The van der Waals surface area contributed by atoms with Gasteiger partial charge >= 0.3 is 0 Å². The van der Waals surface area contributed by atoms with Gasteiger partial charge in [-0.1, -0.05) is 38.0 Å². The molecule has 7 nitrogen and oxygen atoms in total. The van der Waals surface area contributed by atoms with Crippen LogP contribution in [0.1, 0.15) is 66.8 Å². The summed E-state index contributed by atoms with van der Waals surface area (Å²) in [6.45, 7) is 4.79. The van der Waals surface area contributed by atoms with E-state index in [1.807, 2.05) is 6.20 Å². The van der Waals surface area contributed by atoms with Crippen LogP contribution in [0.3, 0.4) is 0 Å². The summed E-state index contributed by atoms with van der Waals surface area (Å²) in [5, 5.41) is 16.8. The number of furan rings is 1. The van der Waals surface area contributed by atoms with E-state index in [4.69, 9.17) is 4.42 Å². The third-order valence-corrected chi connectivity index (χ3v) is 5.62. The van der Waals surface area contributed by atoms with Gasteiger partial charge in [-0.2, -0.15) is 5.10 Å². The number of amides is 1. The molecule has 3 aromatic heterocycles. The van der Waals surface area contributed by atoms with Crippen molar-refractivity contribution < 1.29 is 9.21 Å². The number of unbranched alkanes of at least 4 members (excludes halogenated alkanes) is 1. The fraction of sp³-hybridized carbons (Fsp3) is 0.444. The average molecular weight is 452 g/mol. The first-order valence-corrected chi connectivity index (χ1v) is 10.6. The van der Waals surface area contributed by atoms with E-state index >= 15 is 0 Å². The zero-order valence-electron chi connectivity index (χ0n) is 15.3. The van der Waals surface area contributed by atoms with Crippen molar-refractivity contribution in [3.8, 4) is 0 Å². The third kappa shape index (κ3) is 5.26. The molecule has 0 saturated carbocycles. The number of carbonyl (C=O) groups excluding carboxylic acids is 1. The molecule has 1 amide bonds. The molecule has 0 spiro atoms. The van der Waals surface area contributed by atoms with Crippen LogP contribution in [0.2, 0.25) is 0 Å². The molecule has 0 fully saturated rings. The molecule has 1 atom stereocenters. The maximum atomic E-state index is 12.4. The van der Waals surface area contributed by atoms with E-state index in [2.05, 4.69) is 50.4 Å². The first-order valence-electron chi connectivity index (χ1n) is 9.00. The van der Waals surface area contributed by atoms with E-state index in [1.54, 1.807) is 23.0 Å². The minimum Gasteiger partial charge on any atom is -0.454 e. The van der Waals surface area contributed by atoms with Crippen LogP contribution in [-0.4, -0.2) is 25.9 Å². The number of aromatic nitrogens is 4. The smallest absolute Gasteiger partial charge is 0.293 e. The van der Waals surface area contributed by atoms with Crippen LogP contribution in [0.4, 0.5) is 5.13 Å². The fourth-order valence-electron chi connectivity index (χ4n) is 2.73. The predicted molar refractivity (Wildman–Crippen MR) is 108 cm³/mol. The number of rotatable bonds is 9. The monoisotopic (exact) mass is 451 g/mol. The van der Waals surface area contributed by atoms with Gasteiger partial charge in [0.1, 0.15) is 10.8 Å². The van der Waals surface area contributed by atoms with Crippen molar-refractivity contribution in [2.75, 3.05) is 5.32 Å². The molecular formula is C18H22BrN5O2S. The van der Waals surface area contributed by atoms with Crippen molar-refractivity contribution in [3.63, 3.8) is 0 Å². The van der Waals surface area contributed by atoms with Crippen molar-refractivity contribution in [2.24, 2.45) is 0 Å². The Labute approximate surface area is 170 Å². The number of nitrogens with one attached hydrogen (secondary N) is 1. The van der Waals surface area contributed by atoms with Crippen LogP contribution in [-0.2, 0) is 6.54 Å². The molecule has 0 saturated heterocycles. The molecule has 0 aliphatic carbocycles. The number of carbonyl (C=O) groups is 1. The van der Waals surface area contributed by atoms with Crippen LogP contribution in [0, 0.1) is 0 Å². The van der Waals surface area contributed by atoms with Crippen molar-refractivity contribution in [1.29, 1.82) is 0 Å². The molecule has 3 rings (SSSR count). The van der Waals surface area contributed by atoms with Gasteiger partial charge in [0.2, 0.25) is 5.13 Å². The standard InChI is InChI=1S/C18H22BrN5O2S/c1-3-5-6-12(4-2)17-22-23-18(27-17)21-16(25)15-8-7-14(26-15)11-24-10-13(19)9-20-24/h7-10,12H,3-6,11H2,1-2H3,(H,21,23,25). The Balaban J connectivity index is 1.60. The van der Waals surface area contributed by atoms with Crippen LogP contribution in [0.5, 0.6) is 0 Å². The zero-order valence-corrected chi connectivity index (χ0v) is 17.7. The summed E-state index contributed by atoms with van der Waals surface area (Å²) < 4.78 is 8.24. The Morgan fingerprint density at radius 2 is 2.22 bits per heavy atom. The van der Waals surface area contributed by atoms with Crippen LogP contribution < -0.4 is 5.32 Å². The summed E-state index contributed by atoms with van der Waals surface area (Å²) in [5.74, 6) is 0.967. The molecule has 0 aromatic carbocycles. The molecule has 1 unspecified atom stereocenters. The lowest BCUT2D eigenvalue weighted by Crippen LogP contribution is -2.10. The van der Waals surface area contributed by atoms with Crippen molar-refractivity contribution in [3.05, 3.63) is 45.5 Å². The van der Waals surface area contributed by atoms with Crippen LogP contribution in [0.15, 0.2) is 33.4 Å². The van der Waals surface area contributed by atoms with Crippen LogP contribution >= 0.6 is 27.3 Å². The Morgan fingerprint density at radius 1 is 1.37 bits per heavy atom. The molecule has 3 heterocycles. The number of nitrogens with zero attached hydrogens (tertiary/aromatic N) is 4. The zero-order chi connectivity index (χ0) is 19.2. The first-order chi connectivity index (χ1) is 13.1. The molecule has 0 aliphatic heterocycles. The molecule has 1 N–H and O–H groups in total. The second-order valence-electron chi connectivity index (χ2n) is 6.27. The van der Waals surface area contributed by atoms with E-state index in [0.717, 1.165) is 28.7 Å². The van der Waals surface area contributed by atoms with Gasteiger partial charge in [0.05, 0.1) is 17.2 Å². The molecule has 27 heavy (non-hydrogen) atoms. The minimum atomic E-state index is -0.327. The lowest BCUT2D eigenvalue weighted by atomic mass is 10.0. The fourth-order valence-corrected chi connectivity index (χ4v) is 4.02. The second kappa shape index (κ2) is 9.27. The summed E-state index contributed by atoms with van der Waals surface area (Å²) in [5.41, 5.74) is 0. The normalized spacial score (nSPS) is 12.3. The maximum Gasteiger partial charge on any atom is 0.293 e. The lowest BCUT2D eigenvalue weighted by molar-refractivity contribution is 0.0994. The summed E-state index contributed by atoms with van der Waals surface area (Å²) in [6, 6.07) is 3.43. The van der Waals surface area contributed by atoms with E-state index in [-0.39, 0.29) is 11.7 Å². The number of anilines is 1. The van der Waals surface area contributed by atoms with E-state index in [0.29, 0.717) is 23.4 Å². The van der Waals surface area contributed by atoms with Gasteiger partial charge in [0, 0.05) is 12.1 Å². The predicted octanol–water partition coefficient (Wildman–Crippen LogP) is 5.07. The maximum absolute atomic E-state index is 12.4. The summed E-state index contributed by atoms with van der Waals surface area (Å²) >= 11 is 4.79. The molecular weight excluding hydrogens is 430 g/mol. The summed E-state index contributed by atoms with van der Waals surface area (Å²) in [6.07, 6.45) is 7.99. The van der Waals surface area contributed by atoms with Gasteiger partial charge in [-0.15, -0.1) is 10.2 Å². The highest BCUT2D eigenvalue weighted by atomic mass is 79.9. The van der Waals surface area contributed by atoms with Gasteiger partial charge in [-0.05, 0) is 40.9 Å². The Morgan fingerprint density at radius 3 is 2.93 bits per heavy atom. The second-order valence-corrected chi connectivity index (χ2v) is 8.19. The number of hydrogen-bond donors (Lipinski definition) is 1. The molecule has 144 valence electrons. The third-order valence-electron chi connectivity index (χ3n) is 4.21. The number of hydrogen-bond acceptors (Lipinski definition) is 6. The summed E-state index contributed by atoms with van der Waals surface area (Å²) in [4.78, 5) is 12.4. The van der Waals surface area contributed by atoms with Gasteiger partial charge in [0.15, 0.2) is 5.76 Å². The minimum absolute atomic E-state index is 0.242.